The Morgan fingerprint density at radius 3 is 2.39 bits per heavy atom. The SMILES string of the molecule is O=C(Nc1ccc(-n2nccn2)cc1)NC1CCC(CO)CC1. The number of hydrogen-bond acceptors (Lipinski definition) is 4. The second-order valence-corrected chi connectivity index (χ2v) is 5.86. The van der Waals surface area contributed by atoms with E-state index < -0.39 is 0 Å². The first kappa shape index (κ1) is 15.5. The van der Waals surface area contributed by atoms with Crippen LogP contribution in [0.4, 0.5) is 10.5 Å². The Balaban J connectivity index is 1.50. The van der Waals surface area contributed by atoms with E-state index in [0.717, 1.165) is 37.1 Å². The van der Waals surface area contributed by atoms with Gasteiger partial charge in [-0.15, -0.1) is 0 Å². The monoisotopic (exact) mass is 315 g/mol. The van der Waals surface area contributed by atoms with Gasteiger partial charge >= 0.3 is 6.03 Å². The van der Waals surface area contributed by atoms with E-state index in [0.29, 0.717) is 5.92 Å². The van der Waals surface area contributed by atoms with E-state index >= 15 is 0 Å². The summed E-state index contributed by atoms with van der Waals surface area (Å²) >= 11 is 0. The summed E-state index contributed by atoms with van der Waals surface area (Å²) in [6.45, 7) is 0.246. The third-order valence-corrected chi connectivity index (χ3v) is 4.22. The first-order chi connectivity index (χ1) is 11.2. The Morgan fingerprint density at radius 2 is 1.78 bits per heavy atom. The molecule has 2 aromatic rings. The maximum Gasteiger partial charge on any atom is 0.319 e. The Kier molecular flexibility index (Phi) is 4.87. The normalized spacial score (nSPS) is 20.9. The highest BCUT2D eigenvalue weighted by molar-refractivity contribution is 5.89. The standard InChI is InChI=1S/C16H21N5O2/c22-11-12-1-3-13(4-2-12)19-16(23)20-14-5-7-15(8-6-14)21-17-9-10-18-21/h5-10,12-13,22H,1-4,11H2,(H2,19,20,23). The van der Waals surface area contributed by atoms with Crippen molar-refractivity contribution in [3.8, 4) is 5.69 Å². The molecule has 0 bridgehead atoms. The van der Waals surface area contributed by atoms with Gasteiger partial charge in [0, 0.05) is 18.3 Å². The summed E-state index contributed by atoms with van der Waals surface area (Å²) in [5.74, 6) is 0.388. The molecule has 0 aliphatic heterocycles. The molecule has 1 fully saturated rings. The highest BCUT2D eigenvalue weighted by atomic mass is 16.3. The largest absolute Gasteiger partial charge is 0.396 e. The molecule has 0 spiro atoms. The lowest BCUT2D eigenvalue weighted by atomic mass is 9.87. The van der Waals surface area contributed by atoms with Gasteiger partial charge in [0.25, 0.3) is 0 Å². The lowest BCUT2D eigenvalue weighted by Gasteiger charge is -2.27. The van der Waals surface area contributed by atoms with Crippen molar-refractivity contribution < 1.29 is 9.90 Å². The summed E-state index contributed by atoms with van der Waals surface area (Å²) in [7, 11) is 0. The van der Waals surface area contributed by atoms with E-state index in [9.17, 15) is 4.79 Å². The molecule has 0 unspecified atom stereocenters. The van der Waals surface area contributed by atoms with Crippen LogP contribution < -0.4 is 10.6 Å². The van der Waals surface area contributed by atoms with Gasteiger partial charge in [0.1, 0.15) is 0 Å². The number of benzene rings is 1. The molecular weight excluding hydrogens is 294 g/mol. The molecule has 3 N–H and O–H groups in total. The zero-order chi connectivity index (χ0) is 16.1. The molecule has 7 nitrogen and oxygen atoms in total. The molecule has 23 heavy (non-hydrogen) atoms. The van der Waals surface area contributed by atoms with Gasteiger partial charge in [0.05, 0.1) is 18.1 Å². The first-order valence-electron chi connectivity index (χ1n) is 7.89. The van der Waals surface area contributed by atoms with Crippen molar-refractivity contribution in [3.05, 3.63) is 36.7 Å². The van der Waals surface area contributed by atoms with Gasteiger partial charge in [0.2, 0.25) is 0 Å². The highest BCUT2D eigenvalue weighted by Gasteiger charge is 2.21. The molecule has 2 amide bonds. The van der Waals surface area contributed by atoms with Crippen LogP contribution in [0.3, 0.4) is 0 Å². The molecular formula is C16H21N5O2. The number of aliphatic hydroxyl groups excluding tert-OH is 1. The zero-order valence-corrected chi connectivity index (χ0v) is 12.9. The van der Waals surface area contributed by atoms with Gasteiger partial charge in [0.15, 0.2) is 0 Å². The number of aromatic nitrogens is 3. The second-order valence-electron chi connectivity index (χ2n) is 5.86. The Labute approximate surface area is 134 Å². The summed E-state index contributed by atoms with van der Waals surface area (Å²) in [6, 6.07) is 7.33. The van der Waals surface area contributed by atoms with Crippen LogP contribution in [0, 0.1) is 5.92 Å². The predicted octanol–water partition coefficient (Wildman–Crippen LogP) is 1.94. The number of hydrogen-bond donors (Lipinski definition) is 3. The molecule has 0 saturated heterocycles. The molecule has 1 saturated carbocycles. The number of urea groups is 1. The fraction of sp³-hybridized carbons (Fsp3) is 0.438. The number of nitrogens with zero attached hydrogens (tertiary/aromatic N) is 3. The van der Waals surface area contributed by atoms with Crippen LogP contribution in [0.25, 0.3) is 5.69 Å². The average molecular weight is 315 g/mol. The lowest BCUT2D eigenvalue weighted by molar-refractivity contribution is 0.176. The van der Waals surface area contributed by atoms with Crippen molar-refractivity contribution in [3.63, 3.8) is 0 Å². The summed E-state index contributed by atoms with van der Waals surface area (Å²) in [4.78, 5) is 13.6. The summed E-state index contributed by atoms with van der Waals surface area (Å²) < 4.78 is 0. The van der Waals surface area contributed by atoms with E-state index in [1.165, 1.54) is 4.80 Å². The van der Waals surface area contributed by atoms with Crippen LogP contribution in [0.5, 0.6) is 0 Å². The molecule has 1 aliphatic rings. The van der Waals surface area contributed by atoms with Gasteiger partial charge < -0.3 is 15.7 Å². The number of nitrogens with one attached hydrogen (secondary N) is 2. The molecule has 0 radical (unpaired) electrons. The molecule has 1 aliphatic carbocycles. The van der Waals surface area contributed by atoms with Gasteiger partial charge in [-0.3, -0.25) is 0 Å². The third-order valence-electron chi connectivity index (χ3n) is 4.22. The summed E-state index contributed by atoms with van der Waals surface area (Å²) in [5, 5.41) is 23.1. The summed E-state index contributed by atoms with van der Waals surface area (Å²) in [5.41, 5.74) is 1.56. The number of rotatable bonds is 4. The van der Waals surface area contributed by atoms with Crippen LogP contribution in [0.2, 0.25) is 0 Å². The maximum absolute atomic E-state index is 12.0. The minimum atomic E-state index is -0.192. The van der Waals surface area contributed by atoms with E-state index in [1.54, 1.807) is 12.4 Å². The van der Waals surface area contributed by atoms with Crippen LogP contribution in [-0.4, -0.2) is 38.8 Å². The molecule has 3 rings (SSSR count). The Morgan fingerprint density at radius 1 is 1.13 bits per heavy atom. The Hall–Kier alpha value is -2.41. The predicted molar refractivity (Wildman–Crippen MR) is 86.3 cm³/mol. The van der Waals surface area contributed by atoms with Gasteiger partial charge in [-0.2, -0.15) is 15.0 Å². The van der Waals surface area contributed by atoms with Crippen LogP contribution in [0.1, 0.15) is 25.7 Å². The fourth-order valence-corrected chi connectivity index (χ4v) is 2.87. The van der Waals surface area contributed by atoms with E-state index in [-0.39, 0.29) is 18.7 Å². The number of amides is 2. The minimum absolute atomic E-state index is 0.186. The molecule has 0 atom stereocenters. The van der Waals surface area contributed by atoms with Crippen LogP contribution >= 0.6 is 0 Å². The number of anilines is 1. The molecule has 1 aromatic heterocycles. The van der Waals surface area contributed by atoms with Crippen molar-refractivity contribution in [2.75, 3.05) is 11.9 Å². The minimum Gasteiger partial charge on any atom is -0.396 e. The van der Waals surface area contributed by atoms with E-state index in [2.05, 4.69) is 20.8 Å². The van der Waals surface area contributed by atoms with Crippen molar-refractivity contribution in [1.82, 2.24) is 20.3 Å². The zero-order valence-electron chi connectivity index (χ0n) is 12.9. The molecule has 1 aromatic carbocycles. The average Bonchev–Trinajstić information content (AvgIpc) is 3.11. The second kappa shape index (κ2) is 7.23. The van der Waals surface area contributed by atoms with Crippen molar-refractivity contribution >= 4 is 11.7 Å². The number of carbonyl (C=O) groups is 1. The maximum atomic E-state index is 12.0. The molecule has 7 heteroatoms. The first-order valence-corrected chi connectivity index (χ1v) is 7.89. The lowest BCUT2D eigenvalue weighted by Crippen LogP contribution is -2.40. The van der Waals surface area contributed by atoms with Crippen molar-refractivity contribution in [1.29, 1.82) is 0 Å². The van der Waals surface area contributed by atoms with Crippen LogP contribution in [-0.2, 0) is 0 Å². The highest BCUT2D eigenvalue weighted by Crippen LogP contribution is 2.23. The smallest absolute Gasteiger partial charge is 0.319 e. The molecule has 1 heterocycles. The fourth-order valence-electron chi connectivity index (χ4n) is 2.87. The quantitative estimate of drug-likeness (QED) is 0.804. The van der Waals surface area contributed by atoms with Gasteiger partial charge in [-0.05, 0) is 55.9 Å². The van der Waals surface area contributed by atoms with Crippen LogP contribution in [0.15, 0.2) is 36.7 Å². The topological polar surface area (TPSA) is 92.1 Å². The van der Waals surface area contributed by atoms with Crippen molar-refractivity contribution in [2.45, 2.75) is 31.7 Å². The number of aliphatic hydroxyl groups is 1. The van der Waals surface area contributed by atoms with Gasteiger partial charge in [-0.25, -0.2) is 4.79 Å². The van der Waals surface area contributed by atoms with Gasteiger partial charge in [-0.1, -0.05) is 0 Å². The number of carbonyl (C=O) groups excluding carboxylic acids is 1. The third kappa shape index (κ3) is 4.07. The Bertz CT molecular complexity index is 618. The van der Waals surface area contributed by atoms with Crippen molar-refractivity contribution in [2.24, 2.45) is 5.92 Å². The van der Waals surface area contributed by atoms with E-state index in [4.69, 9.17) is 5.11 Å². The van der Waals surface area contributed by atoms with E-state index in [1.807, 2.05) is 24.3 Å². The molecule has 122 valence electrons. The summed E-state index contributed by atoms with van der Waals surface area (Å²) in [6.07, 6.45) is 7.00.